The van der Waals surface area contributed by atoms with Gasteiger partial charge in [-0.3, -0.25) is 0 Å². The van der Waals surface area contributed by atoms with E-state index in [0.29, 0.717) is 12.2 Å². The summed E-state index contributed by atoms with van der Waals surface area (Å²) in [5.41, 5.74) is 0.448. The van der Waals surface area contributed by atoms with Gasteiger partial charge < -0.3 is 4.74 Å². The molecule has 1 aromatic carbocycles. The van der Waals surface area contributed by atoms with Crippen LogP contribution in [-0.4, -0.2) is 17.3 Å². The van der Waals surface area contributed by atoms with Crippen LogP contribution in [0.25, 0.3) is 0 Å². The topological polar surface area (TPSA) is 26.3 Å². The molecule has 1 aromatic rings. The van der Waals surface area contributed by atoms with Crippen molar-refractivity contribution in [2.45, 2.75) is 36.8 Å². The molecule has 0 aliphatic carbocycles. The van der Waals surface area contributed by atoms with Gasteiger partial charge in [0.05, 0.1) is 6.61 Å². The van der Waals surface area contributed by atoms with Gasteiger partial charge in [0.15, 0.2) is 0 Å². The zero-order valence-corrected chi connectivity index (χ0v) is 12.0. The highest BCUT2D eigenvalue weighted by atomic mass is 32.2. The molecule has 0 atom stereocenters. The molecule has 2 nitrogen and oxygen atoms in total. The maximum absolute atomic E-state index is 11.3. The Balaban J connectivity index is 2.40. The Bertz CT molecular complexity index is 410. The normalized spacial score (nSPS) is 11.1. The molecule has 0 heterocycles. The van der Waals surface area contributed by atoms with E-state index >= 15 is 0 Å². The van der Waals surface area contributed by atoms with Crippen LogP contribution in [0.3, 0.4) is 0 Å². The van der Waals surface area contributed by atoms with Gasteiger partial charge >= 0.3 is 5.97 Å². The minimum absolute atomic E-state index is 0.0384. The van der Waals surface area contributed by atoms with E-state index in [4.69, 9.17) is 4.74 Å². The van der Waals surface area contributed by atoms with Crippen molar-refractivity contribution in [3.05, 3.63) is 42.5 Å². The standard InChI is InChI=1S/C15H20O2S/c1-12(2)14(16)17-11-10-15(3,4)18-13-8-6-5-7-9-13/h5-9H,1,10-11H2,2-4H3. The first-order chi connectivity index (χ1) is 8.41. The molecular weight excluding hydrogens is 244 g/mol. The fourth-order valence-electron chi connectivity index (χ4n) is 1.37. The fourth-order valence-corrected chi connectivity index (χ4v) is 2.49. The zero-order chi connectivity index (χ0) is 13.6. The van der Waals surface area contributed by atoms with Crippen LogP contribution >= 0.6 is 11.8 Å². The van der Waals surface area contributed by atoms with Gasteiger partial charge in [-0.15, -0.1) is 11.8 Å². The van der Waals surface area contributed by atoms with Gasteiger partial charge in [0.25, 0.3) is 0 Å². The molecule has 0 N–H and O–H groups in total. The molecule has 0 saturated heterocycles. The number of thioether (sulfide) groups is 1. The number of hydrogen-bond donors (Lipinski definition) is 0. The quantitative estimate of drug-likeness (QED) is 0.440. The minimum Gasteiger partial charge on any atom is -0.462 e. The highest BCUT2D eigenvalue weighted by Crippen LogP contribution is 2.34. The van der Waals surface area contributed by atoms with E-state index in [1.807, 2.05) is 18.2 Å². The van der Waals surface area contributed by atoms with Gasteiger partial charge in [-0.25, -0.2) is 4.79 Å². The molecule has 18 heavy (non-hydrogen) atoms. The Hall–Kier alpha value is -1.22. The molecule has 0 aromatic heterocycles. The summed E-state index contributed by atoms with van der Waals surface area (Å²) < 4.78 is 5.16. The Labute approximate surface area is 113 Å². The van der Waals surface area contributed by atoms with Crippen LogP contribution in [0.4, 0.5) is 0 Å². The highest BCUT2D eigenvalue weighted by Gasteiger charge is 2.20. The van der Waals surface area contributed by atoms with Crippen LogP contribution in [0.15, 0.2) is 47.4 Å². The second-order valence-electron chi connectivity index (χ2n) is 4.84. The Morgan fingerprint density at radius 3 is 2.50 bits per heavy atom. The number of hydrogen-bond acceptors (Lipinski definition) is 3. The first-order valence-corrected chi connectivity index (χ1v) is 6.79. The zero-order valence-electron chi connectivity index (χ0n) is 11.2. The molecule has 3 heteroatoms. The fraction of sp³-hybridized carbons (Fsp3) is 0.400. The number of ether oxygens (including phenoxy) is 1. The Morgan fingerprint density at radius 2 is 1.94 bits per heavy atom. The number of benzene rings is 1. The van der Waals surface area contributed by atoms with Gasteiger partial charge in [0.2, 0.25) is 0 Å². The Kier molecular flexibility index (Phi) is 5.48. The molecule has 0 spiro atoms. The van der Waals surface area contributed by atoms with Gasteiger partial charge in [-0.2, -0.15) is 0 Å². The van der Waals surface area contributed by atoms with E-state index < -0.39 is 0 Å². The van der Waals surface area contributed by atoms with Crippen LogP contribution in [0, 0.1) is 0 Å². The van der Waals surface area contributed by atoms with E-state index in [1.165, 1.54) is 4.90 Å². The van der Waals surface area contributed by atoms with Crippen molar-refractivity contribution in [3.63, 3.8) is 0 Å². The summed E-state index contributed by atoms with van der Waals surface area (Å²) in [6.07, 6.45) is 0.811. The monoisotopic (exact) mass is 264 g/mol. The van der Waals surface area contributed by atoms with Crippen molar-refractivity contribution in [2.75, 3.05) is 6.61 Å². The van der Waals surface area contributed by atoms with E-state index in [9.17, 15) is 4.79 Å². The SMILES string of the molecule is C=C(C)C(=O)OCCC(C)(C)Sc1ccccc1. The van der Waals surface area contributed by atoms with Crippen LogP contribution < -0.4 is 0 Å². The average molecular weight is 264 g/mol. The van der Waals surface area contributed by atoms with Crippen molar-refractivity contribution >= 4 is 17.7 Å². The summed E-state index contributed by atoms with van der Waals surface area (Å²) in [5, 5.41) is 0. The summed E-state index contributed by atoms with van der Waals surface area (Å²) in [7, 11) is 0. The maximum Gasteiger partial charge on any atom is 0.333 e. The molecule has 0 unspecified atom stereocenters. The van der Waals surface area contributed by atoms with E-state index in [1.54, 1.807) is 18.7 Å². The molecule has 0 aliphatic rings. The smallest absolute Gasteiger partial charge is 0.333 e. The lowest BCUT2D eigenvalue weighted by molar-refractivity contribution is -0.139. The van der Waals surface area contributed by atoms with Gasteiger partial charge in [-0.1, -0.05) is 38.6 Å². The molecule has 0 fully saturated rings. The average Bonchev–Trinajstić information content (AvgIpc) is 2.29. The molecule has 0 aliphatic heterocycles. The first kappa shape index (κ1) is 14.8. The third-order valence-corrected chi connectivity index (χ3v) is 3.69. The number of carbonyl (C=O) groups is 1. The third kappa shape index (κ3) is 5.41. The molecule has 0 saturated carbocycles. The van der Waals surface area contributed by atoms with Gasteiger partial charge in [-0.05, 0) is 25.5 Å². The van der Waals surface area contributed by atoms with E-state index in [0.717, 1.165) is 6.42 Å². The van der Waals surface area contributed by atoms with Crippen molar-refractivity contribution < 1.29 is 9.53 Å². The van der Waals surface area contributed by atoms with Crippen LogP contribution in [0.2, 0.25) is 0 Å². The van der Waals surface area contributed by atoms with E-state index in [-0.39, 0.29) is 10.7 Å². The second-order valence-corrected chi connectivity index (χ2v) is 6.62. The van der Waals surface area contributed by atoms with Gasteiger partial charge in [0.1, 0.15) is 0 Å². The number of carbonyl (C=O) groups excluding carboxylic acids is 1. The molecule has 0 radical (unpaired) electrons. The van der Waals surface area contributed by atoms with E-state index in [2.05, 4.69) is 32.6 Å². The Morgan fingerprint density at radius 1 is 1.33 bits per heavy atom. The van der Waals surface area contributed by atoms with Crippen molar-refractivity contribution in [1.29, 1.82) is 0 Å². The first-order valence-electron chi connectivity index (χ1n) is 5.97. The summed E-state index contributed by atoms with van der Waals surface area (Å²) >= 11 is 1.79. The van der Waals surface area contributed by atoms with Crippen LogP contribution in [0.1, 0.15) is 27.2 Å². The lowest BCUT2D eigenvalue weighted by atomic mass is 10.1. The van der Waals surface area contributed by atoms with Gasteiger partial charge in [0, 0.05) is 15.2 Å². The summed E-state index contributed by atoms with van der Waals surface area (Å²) in [6.45, 7) is 9.95. The predicted molar refractivity (Wildman–Crippen MR) is 76.8 cm³/mol. The minimum atomic E-state index is -0.310. The lowest BCUT2D eigenvalue weighted by Crippen LogP contribution is -2.19. The summed E-state index contributed by atoms with van der Waals surface area (Å²) in [6, 6.07) is 10.2. The summed E-state index contributed by atoms with van der Waals surface area (Å²) in [5.74, 6) is -0.310. The number of rotatable bonds is 6. The van der Waals surface area contributed by atoms with Crippen LogP contribution in [-0.2, 0) is 9.53 Å². The highest BCUT2D eigenvalue weighted by molar-refractivity contribution is 8.00. The van der Waals surface area contributed by atoms with Crippen LogP contribution in [0.5, 0.6) is 0 Å². The maximum atomic E-state index is 11.3. The second kappa shape index (κ2) is 6.64. The third-order valence-electron chi connectivity index (χ3n) is 2.42. The molecule has 98 valence electrons. The predicted octanol–water partition coefficient (Wildman–Crippen LogP) is 4.07. The lowest BCUT2D eigenvalue weighted by Gasteiger charge is -2.23. The van der Waals surface area contributed by atoms with Crippen molar-refractivity contribution in [3.8, 4) is 0 Å². The molecule has 0 bridgehead atoms. The number of esters is 1. The molecule has 0 amide bonds. The summed E-state index contributed by atoms with van der Waals surface area (Å²) in [4.78, 5) is 12.5. The molecular formula is C15H20O2S. The van der Waals surface area contributed by atoms with Crippen molar-refractivity contribution in [1.82, 2.24) is 0 Å². The van der Waals surface area contributed by atoms with Crippen molar-refractivity contribution in [2.24, 2.45) is 0 Å². The molecule has 1 rings (SSSR count). The largest absolute Gasteiger partial charge is 0.462 e.